The van der Waals surface area contributed by atoms with E-state index in [1.165, 1.54) is 25.7 Å². The largest absolute Gasteiger partial charge is 0.447 e. The highest BCUT2D eigenvalue weighted by molar-refractivity contribution is 5.70. The number of alkyl carbamates (subject to hydrolysis) is 1. The summed E-state index contributed by atoms with van der Waals surface area (Å²) in [6.07, 6.45) is 4.83. The monoisotopic (exact) mass is 169 g/mol. The van der Waals surface area contributed by atoms with Crippen molar-refractivity contribution in [2.75, 3.05) is 6.61 Å². The van der Waals surface area contributed by atoms with E-state index in [1.807, 2.05) is 0 Å². The van der Waals surface area contributed by atoms with Crippen LogP contribution in [-0.2, 0) is 4.74 Å². The van der Waals surface area contributed by atoms with E-state index in [2.05, 4.69) is 12.2 Å². The lowest BCUT2D eigenvalue weighted by molar-refractivity contribution is 0.165. The van der Waals surface area contributed by atoms with Crippen LogP contribution >= 0.6 is 0 Å². The minimum Gasteiger partial charge on any atom is -0.447 e. The lowest BCUT2D eigenvalue weighted by Gasteiger charge is -2.28. The Labute approximate surface area is 72.5 Å². The molecule has 2 fully saturated rings. The third kappa shape index (κ3) is 1.17. The Morgan fingerprint density at radius 1 is 1.50 bits per heavy atom. The highest BCUT2D eigenvalue weighted by Crippen LogP contribution is 2.35. The van der Waals surface area contributed by atoms with Crippen molar-refractivity contribution in [3.8, 4) is 0 Å². The Kier molecular flexibility index (Phi) is 1.74. The summed E-state index contributed by atoms with van der Waals surface area (Å²) in [5, 5.41) is 2.91. The molecule has 3 heteroatoms. The van der Waals surface area contributed by atoms with Gasteiger partial charge in [-0.3, -0.25) is 0 Å². The van der Waals surface area contributed by atoms with Crippen molar-refractivity contribution in [2.24, 2.45) is 5.92 Å². The van der Waals surface area contributed by atoms with Crippen LogP contribution in [0.25, 0.3) is 0 Å². The molecule has 0 bridgehead atoms. The molecule has 1 aliphatic carbocycles. The van der Waals surface area contributed by atoms with E-state index in [1.54, 1.807) is 0 Å². The third-order valence-electron chi connectivity index (χ3n) is 3.15. The Balaban J connectivity index is 2.05. The number of hydrogen-bond donors (Lipinski definition) is 1. The van der Waals surface area contributed by atoms with Crippen LogP contribution in [0.2, 0.25) is 0 Å². The normalized spacial score (nSPS) is 36.6. The molecule has 1 saturated heterocycles. The van der Waals surface area contributed by atoms with Crippen LogP contribution in [0.5, 0.6) is 0 Å². The van der Waals surface area contributed by atoms with Crippen molar-refractivity contribution in [3.63, 3.8) is 0 Å². The van der Waals surface area contributed by atoms with Gasteiger partial charge in [-0.25, -0.2) is 4.79 Å². The Morgan fingerprint density at radius 3 is 2.67 bits per heavy atom. The predicted octanol–water partition coefficient (Wildman–Crippen LogP) is 1.68. The molecule has 0 aromatic heterocycles. The zero-order chi connectivity index (χ0) is 8.60. The van der Waals surface area contributed by atoms with Crippen LogP contribution < -0.4 is 5.32 Å². The van der Waals surface area contributed by atoms with Gasteiger partial charge in [0.05, 0.1) is 5.54 Å². The van der Waals surface area contributed by atoms with E-state index in [0.29, 0.717) is 12.5 Å². The van der Waals surface area contributed by atoms with Gasteiger partial charge in [-0.1, -0.05) is 12.8 Å². The van der Waals surface area contributed by atoms with Gasteiger partial charge < -0.3 is 10.1 Å². The first-order chi connectivity index (χ1) is 5.71. The maximum atomic E-state index is 10.9. The first-order valence-corrected chi connectivity index (χ1v) is 4.66. The van der Waals surface area contributed by atoms with E-state index in [-0.39, 0.29) is 11.6 Å². The predicted molar refractivity (Wildman–Crippen MR) is 44.8 cm³/mol. The molecule has 1 unspecified atom stereocenters. The van der Waals surface area contributed by atoms with Crippen LogP contribution in [0, 0.1) is 5.92 Å². The highest BCUT2D eigenvalue weighted by Gasteiger charge is 2.42. The average Bonchev–Trinajstić information content (AvgIpc) is 2.59. The fourth-order valence-electron chi connectivity index (χ4n) is 2.30. The van der Waals surface area contributed by atoms with Gasteiger partial charge in [0.2, 0.25) is 0 Å². The van der Waals surface area contributed by atoms with Crippen LogP contribution in [0.1, 0.15) is 32.6 Å². The Morgan fingerprint density at radius 2 is 2.17 bits per heavy atom. The van der Waals surface area contributed by atoms with Gasteiger partial charge in [0.15, 0.2) is 0 Å². The Hall–Kier alpha value is -0.730. The molecule has 0 radical (unpaired) electrons. The number of hydrogen-bond acceptors (Lipinski definition) is 2. The summed E-state index contributed by atoms with van der Waals surface area (Å²) in [7, 11) is 0. The van der Waals surface area contributed by atoms with Crippen molar-refractivity contribution in [1.82, 2.24) is 5.32 Å². The topological polar surface area (TPSA) is 38.3 Å². The summed E-state index contributed by atoms with van der Waals surface area (Å²) >= 11 is 0. The number of amides is 1. The van der Waals surface area contributed by atoms with E-state index in [9.17, 15) is 4.79 Å². The van der Waals surface area contributed by atoms with Crippen LogP contribution in [0.3, 0.4) is 0 Å². The fourth-order valence-corrected chi connectivity index (χ4v) is 2.30. The summed E-state index contributed by atoms with van der Waals surface area (Å²) in [4.78, 5) is 10.9. The van der Waals surface area contributed by atoms with Crippen LogP contribution in [-0.4, -0.2) is 18.2 Å². The summed E-state index contributed by atoms with van der Waals surface area (Å²) in [6, 6.07) is 0. The average molecular weight is 169 g/mol. The molecule has 12 heavy (non-hydrogen) atoms. The van der Waals surface area contributed by atoms with Gasteiger partial charge in [0.1, 0.15) is 6.61 Å². The second-order valence-electron chi connectivity index (χ2n) is 4.10. The van der Waals surface area contributed by atoms with Gasteiger partial charge in [-0.15, -0.1) is 0 Å². The van der Waals surface area contributed by atoms with E-state index < -0.39 is 0 Å². The second-order valence-corrected chi connectivity index (χ2v) is 4.10. The SMILES string of the molecule is CC1(C2CCCC2)COC(=O)N1. The van der Waals surface area contributed by atoms with Gasteiger partial charge in [0.25, 0.3) is 0 Å². The summed E-state index contributed by atoms with van der Waals surface area (Å²) in [5.74, 6) is 0.629. The van der Waals surface area contributed by atoms with Crippen molar-refractivity contribution in [3.05, 3.63) is 0 Å². The van der Waals surface area contributed by atoms with E-state index in [4.69, 9.17) is 4.74 Å². The quantitative estimate of drug-likeness (QED) is 0.648. The summed E-state index contributed by atoms with van der Waals surface area (Å²) in [5.41, 5.74) is -0.0758. The molecule has 1 saturated carbocycles. The van der Waals surface area contributed by atoms with E-state index in [0.717, 1.165) is 0 Å². The van der Waals surface area contributed by atoms with Crippen molar-refractivity contribution >= 4 is 6.09 Å². The second kappa shape index (κ2) is 2.64. The summed E-state index contributed by atoms with van der Waals surface area (Å²) < 4.78 is 4.93. The Bertz CT molecular complexity index is 199. The molecule has 1 heterocycles. The number of cyclic esters (lactones) is 1. The maximum Gasteiger partial charge on any atom is 0.407 e. The third-order valence-corrected chi connectivity index (χ3v) is 3.15. The molecule has 0 aromatic rings. The minimum absolute atomic E-state index is 0.0758. The molecule has 0 aromatic carbocycles. The van der Waals surface area contributed by atoms with Gasteiger partial charge in [0, 0.05) is 0 Å². The highest BCUT2D eigenvalue weighted by atomic mass is 16.6. The van der Waals surface area contributed by atoms with Crippen molar-refractivity contribution in [1.29, 1.82) is 0 Å². The number of carbonyl (C=O) groups excluding carboxylic acids is 1. The molecule has 1 N–H and O–H groups in total. The summed E-state index contributed by atoms with van der Waals surface area (Å²) in [6.45, 7) is 2.64. The lowest BCUT2D eigenvalue weighted by atomic mass is 9.86. The zero-order valence-corrected chi connectivity index (χ0v) is 7.43. The molecule has 0 spiro atoms. The minimum atomic E-state index is -0.246. The van der Waals surface area contributed by atoms with Crippen LogP contribution in [0.4, 0.5) is 4.79 Å². The molecule has 3 nitrogen and oxygen atoms in total. The standard InChI is InChI=1S/C9H15NO2/c1-9(6-12-8(11)10-9)7-4-2-3-5-7/h7H,2-6H2,1H3,(H,10,11). The molecule has 1 aliphatic heterocycles. The maximum absolute atomic E-state index is 10.9. The first kappa shape index (κ1) is 7.90. The molecule has 2 aliphatic rings. The molecule has 1 atom stereocenters. The lowest BCUT2D eigenvalue weighted by Crippen LogP contribution is -2.46. The number of carbonyl (C=O) groups is 1. The molecular weight excluding hydrogens is 154 g/mol. The first-order valence-electron chi connectivity index (χ1n) is 4.66. The molecule has 68 valence electrons. The van der Waals surface area contributed by atoms with Gasteiger partial charge >= 0.3 is 6.09 Å². The fraction of sp³-hybridized carbons (Fsp3) is 0.889. The van der Waals surface area contributed by atoms with Gasteiger partial charge in [-0.2, -0.15) is 0 Å². The van der Waals surface area contributed by atoms with E-state index >= 15 is 0 Å². The molecule has 2 rings (SSSR count). The van der Waals surface area contributed by atoms with Crippen molar-refractivity contribution in [2.45, 2.75) is 38.1 Å². The smallest absolute Gasteiger partial charge is 0.407 e. The molecular formula is C9H15NO2. The van der Waals surface area contributed by atoms with Crippen molar-refractivity contribution < 1.29 is 9.53 Å². The number of ether oxygens (including phenoxy) is 1. The zero-order valence-electron chi connectivity index (χ0n) is 7.43. The van der Waals surface area contributed by atoms with Crippen LogP contribution in [0.15, 0.2) is 0 Å². The van der Waals surface area contributed by atoms with Gasteiger partial charge in [-0.05, 0) is 25.7 Å². The number of nitrogens with one attached hydrogen (secondary N) is 1. The number of rotatable bonds is 1. The molecule has 1 amide bonds.